The molecule has 2 aliphatic rings. The zero-order valence-electron chi connectivity index (χ0n) is 22.9. The summed E-state index contributed by atoms with van der Waals surface area (Å²) in [4.78, 5) is 42.7. The molecule has 11 heteroatoms. The number of nitro benzene ring substituents is 1. The summed E-state index contributed by atoms with van der Waals surface area (Å²) in [6, 6.07) is 19.8. The van der Waals surface area contributed by atoms with Crippen LogP contribution in [-0.2, 0) is 10.5 Å². The minimum atomic E-state index is -0.397. The third kappa shape index (κ3) is 5.98. The smallest absolute Gasteiger partial charge is 0.338 e. The molecule has 2 unspecified atom stereocenters. The van der Waals surface area contributed by atoms with E-state index >= 15 is 0 Å². The maximum Gasteiger partial charge on any atom is 0.338 e. The van der Waals surface area contributed by atoms with E-state index in [1.54, 1.807) is 55.1 Å². The van der Waals surface area contributed by atoms with Gasteiger partial charge in [0.25, 0.3) is 11.6 Å². The van der Waals surface area contributed by atoms with Gasteiger partial charge in [0.2, 0.25) is 0 Å². The molecule has 2 aliphatic heterocycles. The van der Waals surface area contributed by atoms with Gasteiger partial charge in [-0.05, 0) is 67.8 Å². The van der Waals surface area contributed by atoms with Crippen LogP contribution in [0, 0.1) is 10.1 Å². The second kappa shape index (κ2) is 12.1. The first-order valence-corrected chi connectivity index (χ1v) is 15.7. The van der Waals surface area contributed by atoms with Crippen LogP contribution in [0.3, 0.4) is 0 Å². The standard InChI is InChI=1S/C31H29N3O6S2/c1-2-39-30(36)21-7-12-25(13-8-21)40-26-15-22-9-10-23(16-26)33(22)29(35)20-5-3-19(4-6-20)18-41-31-32-27-14-11-24(34(37)38)17-28(27)42-31/h3-8,11-14,17,22-23,26H,2,9-10,15-16,18H2,1H3. The van der Waals surface area contributed by atoms with E-state index in [1.165, 1.54) is 17.4 Å². The van der Waals surface area contributed by atoms with Gasteiger partial charge in [-0.1, -0.05) is 23.9 Å². The van der Waals surface area contributed by atoms with Crippen molar-refractivity contribution in [3.8, 4) is 5.75 Å². The highest BCUT2D eigenvalue weighted by molar-refractivity contribution is 8.00. The summed E-state index contributed by atoms with van der Waals surface area (Å²) in [7, 11) is 0. The van der Waals surface area contributed by atoms with Crippen molar-refractivity contribution in [3.63, 3.8) is 0 Å². The minimum absolute atomic E-state index is 0.0213. The fourth-order valence-electron chi connectivity index (χ4n) is 5.74. The monoisotopic (exact) mass is 603 g/mol. The number of piperidine rings is 1. The predicted octanol–water partition coefficient (Wildman–Crippen LogP) is 6.89. The van der Waals surface area contributed by atoms with Gasteiger partial charge in [-0.2, -0.15) is 0 Å². The van der Waals surface area contributed by atoms with Crippen LogP contribution >= 0.6 is 23.1 Å². The molecule has 3 heterocycles. The number of thiazole rings is 1. The lowest BCUT2D eigenvalue weighted by Gasteiger charge is -2.39. The van der Waals surface area contributed by atoms with Crippen molar-refractivity contribution >= 4 is 50.9 Å². The Hall–Kier alpha value is -3.96. The molecule has 0 N–H and O–H groups in total. The van der Waals surface area contributed by atoms with Gasteiger partial charge in [0, 0.05) is 48.4 Å². The van der Waals surface area contributed by atoms with Crippen molar-refractivity contribution < 1.29 is 24.0 Å². The van der Waals surface area contributed by atoms with Crippen molar-refractivity contribution in [2.24, 2.45) is 0 Å². The summed E-state index contributed by atoms with van der Waals surface area (Å²) in [6.07, 6.45) is 3.52. The molecule has 0 saturated carbocycles. The van der Waals surface area contributed by atoms with Gasteiger partial charge in [-0.25, -0.2) is 9.78 Å². The Morgan fingerprint density at radius 3 is 2.38 bits per heavy atom. The minimum Gasteiger partial charge on any atom is -0.490 e. The normalized spacial score (nSPS) is 19.5. The zero-order chi connectivity index (χ0) is 29.2. The number of aromatic nitrogens is 1. The predicted molar refractivity (Wildman–Crippen MR) is 161 cm³/mol. The number of thioether (sulfide) groups is 1. The Labute approximate surface area is 251 Å². The highest BCUT2D eigenvalue weighted by Crippen LogP contribution is 2.39. The molecule has 6 rings (SSSR count). The molecule has 1 aromatic heterocycles. The quantitative estimate of drug-likeness (QED) is 0.0880. The molecule has 2 fully saturated rings. The molecular weight excluding hydrogens is 574 g/mol. The van der Waals surface area contributed by atoms with E-state index in [4.69, 9.17) is 9.47 Å². The third-order valence-corrected chi connectivity index (χ3v) is 9.95. The van der Waals surface area contributed by atoms with Gasteiger partial charge >= 0.3 is 5.97 Å². The number of hydrogen-bond donors (Lipinski definition) is 0. The van der Waals surface area contributed by atoms with Crippen molar-refractivity contribution in [3.05, 3.63) is 93.5 Å². The number of non-ortho nitro benzene ring substituents is 1. The molecule has 0 radical (unpaired) electrons. The van der Waals surface area contributed by atoms with E-state index in [2.05, 4.69) is 4.98 Å². The summed E-state index contributed by atoms with van der Waals surface area (Å²) >= 11 is 3.02. The van der Waals surface area contributed by atoms with Crippen molar-refractivity contribution in [2.75, 3.05) is 6.61 Å². The van der Waals surface area contributed by atoms with Crippen LogP contribution in [0.1, 0.15) is 58.9 Å². The van der Waals surface area contributed by atoms with Crippen LogP contribution in [0.4, 0.5) is 5.69 Å². The Morgan fingerprint density at radius 1 is 1.02 bits per heavy atom. The van der Waals surface area contributed by atoms with Crippen LogP contribution in [0.5, 0.6) is 5.75 Å². The lowest BCUT2D eigenvalue weighted by atomic mass is 9.98. The van der Waals surface area contributed by atoms with Gasteiger partial charge in [0.15, 0.2) is 4.34 Å². The maximum absolute atomic E-state index is 13.5. The molecular formula is C31H29N3O6S2. The fourth-order valence-corrected chi connectivity index (χ4v) is 7.79. The SMILES string of the molecule is CCOC(=O)c1ccc(OC2CC3CCC(C2)N3C(=O)c2ccc(CSc3nc4ccc([N+](=O)[O-])cc4s3)cc2)cc1. The molecule has 2 saturated heterocycles. The first-order chi connectivity index (χ1) is 20.4. The van der Waals surface area contributed by atoms with E-state index in [0.29, 0.717) is 29.2 Å². The molecule has 9 nitrogen and oxygen atoms in total. The van der Waals surface area contributed by atoms with Gasteiger partial charge in [0.1, 0.15) is 11.9 Å². The number of carbonyl (C=O) groups excluding carboxylic acids is 2. The Morgan fingerprint density at radius 2 is 1.71 bits per heavy atom. The average Bonchev–Trinajstić information content (AvgIpc) is 3.53. The Kier molecular flexibility index (Phi) is 8.12. The number of esters is 1. The molecule has 2 bridgehead atoms. The van der Waals surface area contributed by atoms with Crippen LogP contribution < -0.4 is 4.74 Å². The molecule has 0 spiro atoms. The lowest BCUT2D eigenvalue weighted by molar-refractivity contribution is -0.384. The summed E-state index contributed by atoms with van der Waals surface area (Å²) in [5, 5.41) is 11.0. The van der Waals surface area contributed by atoms with E-state index < -0.39 is 4.92 Å². The Bertz CT molecular complexity index is 1610. The number of carbonyl (C=O) groups is 2. The van der Waals surface area contributed by atoms with Crippen molar-refractivity contribution in [1.29, 1.82) is 0 Å². The number of nitro groups is 1. The van der Waals surface area contributed by atoms with Gasteiger partial charge in [-0.15, -0.1) is 11.3 Å². The van der Waals surface area contributed by atoms with E-state index in [0.717, 1.165) is 45.8 Å². The summed E-state index contributed by atoms with van der Waals surface area (Å²) < 4.78 is 12.9. The number of nitrogens with zero attached hydrogens (tertiary/aromatic N) is 3. The van der Waals surface area contributed by atoms with Crippen molar-refractivity contribution in [2.45, 2.75) is 60.9 Å². The van der Waals surface area contributed by atoms with Gasteiger partial charge < -0.3 is 14.4 Å². The number of ether oxygens (including phenoxy) is 2. The van der Waals surface area contributed by atoms with Crippen LogP contribution in [-0.4, -0.2) is 51.5 Å². The molecule has 42 heavy (non-hydrogen) atoms. The second-order valence-electron chi connectivity index (χ2n) is 10.4. The number of hydrogen-bond acceptors (Lipinski definition) is 9. The van der Waals surface area contributed by atoms with Crippen LogP contribution in [0.2, 0.25) is 0 Å². The average molecular weight is 604 g/mol. The number of fused-ring (bicyclic) bond motifs is 3. The summed E-state index contributed by atoms with van der Waals surface area (Å²) in [6.45, 7) is 2.12. The zero-order valence-corrected chi connectivity index (χ0v) is 24.6. The lowest BCUT2D eigenvalue weighted by Crippen LogP contribution is -2.49. The van der Waals surface area contributed by atoms with Crippen molar-refractivity contribution in [1.82, 2.24) is 9.88 Å². The maximum atomic E-state index is 13.5. The largest absolute Gasteiger partial charge is 0.490 e. The first kappa shape index (κ1) is 28.2. The second-order valence-corrected chi connectivity index (χ2v) is 12.7. The molecule has 3 aromatic carbocycles. The van der Waals surface area contributed by atoms with Crippen LogP contribution in [0.25, 0.3) is 10.2 Å². The third-order valence-electron chi connectivity index (χ3n) is 7.72. The van der Waals surface area contributed by atoms with Crippen LogP contribution in [0.15, 0.2) is 71.1 Å². The molecule has 216 valence electrons. The molecule has 4 aromatic rings. The first-order valence-electron chi connectivity index (χ1n) is 13.9. The number of benzene rings is 3. The number of rotatable bonds is 9. The van der Waals surface area contributed by atoms with E-state index in [9.17, 15) is 19.7 Å². The van der Waals surface area contributed by atoms with E-state index in [-0.39, 0.29) is 35.8 Å². The molecule has 0 aliphatic carbocycles. The summed E-state index contributed by atoms with van der Waals surface area (Å²) in [5.41, 5.74) is 3.08. The highest BCUT2D eigenvalue weighted by Gasteiger charge is 2.44. The Balaban J connectivity index is 1.04. The summed E-state index contributed by atoms with van der Waals surface area (Å²) in [5.74, 6) is 1.12. The highest BCUT2D eigenvalue weighted by atomic mass is 32.2. The topological polar surface area (TPSA) is 112 Å². The number of amides is 1. The van der Waals surface area contributed by atoms with E-state index in [1.807, 2.05) is 29.2 Å². The molecule has 1 amide bonds. The van der Waals surface area contributed by atoms with Gasteiger partial charge in [-0.3, -0.25) is 14.9 Å². The fraction of sp³-hybridized carbons (Fsp3) is 0.323. The van der Waals surface area contributed by atoms with Gasteiger partial charge in [0.05, 0.1) is 27.3 Å². The molecule has 2 atom stereocenters.